The van der Waals surface area contributed by atoms with Crippen LogP contribution in [0.4, 0.5) is 4.79 Å². The van der Waals surface area contributed by atoms with Gasteiger partial charge in [-0.05, 0) is 19.8 Å². The molecule has 0 saturated carbocycles. The summed E-state index contributed by atoms with van der Waals surface area (Å²) >= 11 is 0. The van der Waals surface area contributed by atoms with Gasteiger partial charge in [-0.1, -0.05) is 0 Å². The molecule has 110 valence electrons. The average molecular weight is 281 g/mol. The summed E-state index contributed by atoms with van der Waals surface area (Å²) in [6, 6.07) is -0.608. The predicted molar refractivity (Wildman–Crippen MR) is 71.4 cm³/mol. The van der Waals surface area contributed by atoms with E-state index < -0.39 is 23.8 Å². The van der Waals surface area contributed by atoms with Gasteiger partial charge in [0.25, 0.3) is 0 Å². The monoisotopic (exact) mass is 281 g/mol. The molecule has 0 spiro atoms. The zero-order valence-electron chi connectivity index (χ0n) is 12.0. The molecule has 2 saturated heterocycles. The van der Waals surface area contributed by atoms with Gasteiger partial charge in [-0.15, -0.1) is 0 Å². The normalized spacial score (nSPS) is 25.9. The van der Waals surface area contributed by atoms with Crippen LogP contribution >= 0.6 is 0 Å². The van der Waals surface area contributed by atoms with E-state index in [1.54, 1.807) is 6.92 Å². The highest BCUT2D eigenvalue weighted by Gasteiger charge is 2.43. The topological polar surface area (TPSA) is 79.3 Å². The Hall–Kier alpha value is -1.76. The van der Waals surface area contributed by atoms with Crippen molar-refractivity contribution >= 4 is 23.6 Å². The Bertz CT molecular complexity index is 444. The molecule has 0 aromatic heterocycles. The van der Waals surface area contributed by atoms with Gasteiger partial charge in [0, 0.05) is 26.4 Å². The first-order valence-corrected chi connectivity index (χ1v) is 6.65. The first kappa shape index (κ1) is 14.6. The fraction of sp³-hybridized carbons (Fsp3) is 0.692. The van der Waals surface area contributed by atoms with E-state index in [1.165, 1.54) is 14.1 Å². The van der Waals surface area contributed by atoms with Crippen molar-refractivity contribution in [3.8, 4) is 0 Å². The number of hydrogen-bond acceptors (Lipinski definition) is 5. The molecule has 1 atom stereocenters. The lowest BCUT2D eigenvalue weighted by molar-refractivity contribution is -0.144. The van der Waals surface area contributed by atoms with Crippen LogP contribution in [-0.4, -0.2) is 66.7 Å². The van der Waals surface area contributed by atoms with Crippen molar-refractivity contribution in [2.24, 2.45) is 10.9 Å². The van der Waals surface area contributed by atoms with Crippen LogP contribution in [0.1, 0.15) is 19.8 Å². The van der Waals surface area contributed by atoms with E-state index in [2.05, 4.69) is 4.99 Å². The van der Waals surface area contributed by atoms with Gasteiger partial charge in [0.15, 0.2) is 5.92 Å². The number of aliphatic imine (C=N–C) groups is 1. The van der Waals surface area contributed by atoms with E-state index in [0.717, 1.165) is 29.2 Å². The van der Waals surface area contributed by atoms with Crippen LogP contribution in [0.3, 0.4) is 0 Å². The second-order valence-corrected chi connectivity index (χ2v) is 5.13. The average Bonchev–Trinajstić information content (AvgIpc) is 2.94. The van der Waals surface area contributed by atoms with Crippen molar-refractivity contribution in [3.05, 3.63) is 0 Å². The predicted octanol–water partition coefficient (Wildman–Crippen LogP) is 0.293. The first-order chi connectivity index (χ1) is 9.43. The molecule has 7 nitrogen and oxygen atoms in total. The van der Waals surface area contributed by atoms with Crippen molar-refractivity contribution in [2.45, 2.75) is 25.9 Å². The summed E-state index contributed by atoms with van der Waals surface area (Å²) in [6.45, 7) is 2.83. The smallest absolute Gasteiger partial charge is 0.332 e. The lowest BCUT2D eigenvalue weighted by Gasteiger charge is -2.32. The van der Waals surface area contributed by atoms with E-state index in [1.807, 2.05) is 0 Å². The molecule has 2 fully saturated rings. The quantitative estimate of drug-likeness (QED) is 0.550. The molecule has 0 aliphatic carbocycles. The molecule has 0 unspecified atom stereocenters. The fourth-order valence-corrected chi connectivity index (χ4v) is 2.39. The second-order valence-electron chi connectivity index (χ2n) is 5.13. The highest BCUT2D eigenvalue weighted by Crippen LogP contribution is 2.18. The van der Waals surface area contributed by atoms with Crippen molar-refractivity contribution in [1.29, 1.82) is 0 Å². The summed E-state index contributed by atoms with van der Waals surface area (Å²) in [5.41, 5.74) is 0.432. The van der Waals surface area contributed by atoms with E-state index in [9.17, 15) is 14.4 Å². The number of urea groups is 1. The van der Waals surface area contributed by atoms with Crippen molar-refractivity contribution in [3.63, 3.8) is 0 Å². The van der Waals surface area contributed by atoms with E-state index in [-0.39, 0.29) is 6.10 Å². The number of barbiturate groups is 1. The van der Waals surface area contributed by atoms with Crippen LogP contribution in [0.2, 0.25) is 0 Å². The number of nitrogens with zero attached hydrogens (tertiary/aromatic N) is 3. The Kier molecular flexibility index (Phi) is 4.17. The summed E-state index contributed by atoms with van der Waals surface area (Å²) < 4.78 is 5.45. The number of imide groups is 2. The van der Waals surface area contributed by atoms with Crippen LogP contribution < -0.4 is 0 Å². The number of carbonyl (C=O) groups excluding carboxylic acids is 3. The van der Waals surface area contributed by atoms with E-state index in [0.29, 0.717) is 12.3 Å². The lowest BCUT2D eigenvalue weighted by Crippen LogP contribution is -2.58. The standard InChI is InChI=1S/C13H19N3O4/c1-8(14-7-9-5-4-6-20-9)10-11(17)15(2)13(19)16(3)12(10)18/h9-10H,4-7H2,1-3H3/t9-/m1/s1. The maximum Gasteiger partial charge on any atom is 0.332 e. The van der Waals surface area contributed by atoms with Crippen LogP contribution in [-0.2, 0) is 14.3 Å². The molecule has 2 heterocycles. The minimum atomic E-state index is -0.996. The van der Waals surface area contributed by atoms with E-state index in [4.69, 9.17) is 4.74 Å². The van der Waals surface area contributed by atoms with Gasteiger partial charge in [-0.3, -0.25) is 24.4 Å². The molecule has 20 heavy (non-hydrogen) atoms. The highest BCUT2D eigenvalue weighted by atomic mass is 16.5. The number of carbonyl (C=O) groups is 3. The summed E-state index contributed by atoms with van der Waals surface area (Å²) in [4.78, 5) is 42.0. The van der Waals surface area contributed by atoms with Gasteiger partial charge in [0.2, 0.25) is 11.8 Å². The molecule has 2 rings (SSSR count). The van der Waals surface area contributed by atoms with E-state index >= 15 is 0 Å². The maximum absolute atomic E-state index is 12.1. The maximum atomic E-state index is 12.1. The third-order valence-corrected chi connectivity index (χ3v) is 3.72. The van der Waals surface area contributed by atoms with Crippen LogP contribution in [0, 0.1) is 5.92 Å². The van der Waals surface area contributed by atoms with Crippen LogP contribution in [0.15, 0.2) is 4.99 Å². The molecular weight excluding hydrogens is 262 g/mol. The molecule has 7 heteroatoms. The summed E-state index contributed by atoms with van der Waals surface area (Å²) in [6.07, 6.45) is 2.03. The zero-order valence-corrected chi connectivity index (χ0v) is 12.0. The van der Waals surface area contributed by atoms with Crippen LogP contribution in [0.5, 0.6) is 0 Å². The number of rotatable bonds is 3. The molecule has 2 aliphatic heterocycles. The largest absolute Gasteiger partial charge is 0.376 e. The molecule has 0 N–H and O–H groups in total. The SMILES string of the molecule is CC(=NC[C@H]1CCCO1)C1C(=O)N(C)C(=O)N(C)C1=O. The molecule has 2 aliphatic rings. The van der Waals surface area contributed by atoms with Crippen LogP contribution in [0.25, 0.3) is 0 Å². The van der Waals surface area contributed by atoms with Crippen molar-refractivity contribution in [2.75, 3.05) is 27.2 Å². The van der Waals surface area contributed by atoms with Crippen molar-refractivity contribution < 1.29 is 19.1 Å². The molecule has 0 aromatic rings. The second kappa shape index (κ2) is 5.70. The number of amides is 4. The van der Waals surface area contributed by atoms with Crippen molar-refractivity contribution in [1.82, 2.24) is 9.80 Å². The summed E-state index contributed by atoms with van der Waals surface area (Å²) in [7, 11) is 2.74. The third kappa shape index (κ3) is 2.58. The van der Waals surface area contributed by atoms with Gasteiger partial charge in [-0.2, -0.15) is 0 Å². The minimum Gasteiger partial charge on any atom is -0.376 e. The summed E-state index contributed by atoms with van der Waals surface area (Å²) in [5.74, 6) is -2.04. The number of ether oxygens (including phenoxy) is 1. The van der Waals surface area contributed by atoms with Gasteiger partial charge in [-0.25, -0.2) is 4.79 Å². The Labute approximate surface area is 117 Å². The summed E-state index contributed by atoms with van der Waals surface area (Å²) in [5, 5.41) is 0. The highest BCUT2D eigenvalue weighted by molar-refractivity contribution is 6.26. The first-order valence-electron chi connectivity index (χ1n) is 6.65. The Morgan fingerprint density at radius 1 is 1.25 bits per heavy atom. The van der Waals surface area contributed by atoms with Gasteiger partial charge < -0.3 is 4.74 Å². The molecule has 0 bridgehead atoms. The van der Waals surface area contributed by atoms with Gasteiger partial charge in [0.1, 0.15) is 0 Å². The Morgan fingerprint density at radius 3 is 2.35 bits per heavy atom. The molecule has 0 radical (unpaired) electrons. The molecule has 0 aromatic carbocycles. The molecule has 4 amide bonds. The third-order valence-electron chi connectivity index (χ3n) is 3.72. The minimum absolute atomic E-state index is 0.0656. The lowest BCUT2D eigenvalue weighted by atomic mass is 9.99. The fourth-order valence-electron chi connectivity index (χ4n) is 2.39. The zero-order chi connectivity index (χ0) is 14.9. The van der Waals surface area contributed by atoms with Gasteiger partial charge in [0.05, 0.1) is 12.6 Å². The van der Waals surface area contributed by atoms with Gasteiger partial charge >= 0.3 is 6.03 Å². The Balaban J connectivity index is 2.12. The molecular formula is C13H19N3O4. The Morgan fingerprint density at radius 2 is 1.85 bits per heavy atom. The number of hydrogen-bond donors (Lipinski definition) is 0.